The highest BCUT2D eigenvalue weighted by molar-refractivity contribution is 7.17. The summed E-state index contributed by atoms with van der Waals surface area (Å²) in [4.78, 5) is 62.7. The molecule has 2 saturated heterocycles. The molecule has 2 aliphatic rings. The van der Waals surface area contributed by atoms with Crippen molar-refractivity contribution < 1.29 is 28.5 Å². The molecule has 0 amide bonds. The van der Waals surface area contributed by atoms with Gasteiger partial charge in [0.2, 0.25) is 0 Å². The molecule has 16 heteroatoms. The van der Waals surface area contributed by atoms with E-state index in [-0.39, 0.29) is 36.9 Å². The molecule has 2 aliphatic heterocycles. The van der Waals surface area contributed by atoms with Crippen LogP contribution in [0.4, 0.5) is 11.4 Å². The Morgan fingerprint density at radius 2 is 1.03 bits per heavy atom. The number of hydrogen-bond acceptors (Lipinski definition) is 14. The van der Waals surface area contributed by atoms with E-state index in [0.717, 1.165) is 102 Å². The number of hydrogen-bond donors (Lipinski definition) is 0. The normalized spacial score (nSPS) is 15.4. The summed E-state index contributed by atoms with van der Waals surface area (Å²) >= 11 is 3.58. The number of carbonyl (C=O) groups excluding carboxylic acids is 2. The van der Waals surface area contributed by atoms with E-state index in [1.165, 1.54) is 52.8 Å². The highest BCUT2D eigenvalue weighted by Gasteiger charge is 2.23. The Morgan fingerprint density at radius 1 is 0.553 bits per heavy atom. The molecular weight excluding hydrogens is 997 g/mol. The third-order valence-corrected chi connectivity index (χ3v) is 16.7. The monoisotopic (exact) mass is 1060 g/mol. The van der Waals surface area contributed by atoms with Crippen molar-refractivity contribution in [2.45, 2.75) is 65.8 Å². The standard InChI is InChI=1S/C60H68N6O8S2/c1-43(38-59(69)73-41-65-53-39-47(17-13-45(53)15-19-57(65)67)71-33-5-3-23-61-25-29-63(30-26-61)51-9-7-11-55-49(51)21-35-75-55)37-44(2)60(70)74-42-66-54-40-48(18-14-46(54)16-20-58(66)68)72-34-6-4-24-62-27-31-64(32-28-62)52-10-8-12-56-50(52)22-36-76-56/h7-22,35-36,39-40,43-44H,3-6,23-34,37-38,41-42H2,1-2H3. The van der Waals surface area contributed by atoms with Gasteiger partial charge in [-0.25, -0.2) is 0 Å². The van der Waals surface area contributed by atoms with Crippen LogP contribution in [0.1, 0.15) is 52.4 Å². The number of pyridine rings is 2. The summed E-state index contributed by atoms with van der Waals surface area (Å²) in [7, 11) is 0. The first kappa shape index (κ1) is 52.7. The van der Waals surface area contributed by atoms with Crippen molar-refractivity contribution in [2.75, 3.05) is 88.5 Å². The Balaban J connectivity index is 0.628. The number of nitrogens with zero attached hydrogens (tertiary/aromatic N) is 6. The van der Waals surface area contributed by atoms with Gasteiger partial charge in [0.1, 0.15) is 11.5 Å². The van der Waals surface area contributed by atoms with Crippen molar-refractivity contribution >= 4 is 88.0 Å². The number of rotatable bonds is 23. The van der Waals surface area contributed by atoms with Crippen molar-refractivity contribution in [3.05, 3.63) is 141 Å². The summed E-state index contributed by atoms with van der Waals surface area (Å²) in [6.45, 7) is 14.5. The lowest BCUT2D eigenvalue weighted by Crippen LogP contribution is -2.46. The van der Waals surface area contributed by atoms with Crippen molar-refractivity contribution in [1.82, 2.24) is 18.9 Å². The van der Waals surface area contributed by atoms with Gasteiger partial charge in [-0.05, 0) is 145 Å². The Morgan fingerprint density at radius 3 is 1.53 bits per heavy atom. The van der Waals surface area contributed by atoms with Crippen molar-refractivity contribution in [3.63, 3.8) is 0 Å². The molecule has 0 radical (unpaired) electrons. The second-order valence-corrected chi connectivity index (χ2v) is 22.2. The number of esters is 2. The maximum absolute atomic E-state index is 13.3. The molecule has 8 aromatic rings. The zero-order valence-electron chi connectivity index (χ0n) is 43.6. The fourth-order valence-electron chi connectivity index (χ4n) is 10.7. The summed E-state index contributed by atoms with van der Waals surface area (Å²) in [5.74, 6) is -0.440. The van der Waals surface area contributed by atoms with Gasteiger partial charge in [0.25, 0.3) is 11.1 Å². The van der Waals surface area contributed by atoms with Gasteiger partial charge in [0.15, 0.2) is 13.5 Å². The van der Waals surface area contributed by atoms with E-state index in [2.05, 4.69) is 78.9 Å². The Labute approximate surface area is 451 Å². The molecule has 0 bridgehead atoms. The summed E-state index contributed by atoms with van der Waals surface area (Å²) in [6.07, 6.45) is 4.24. The van der Waals surface area contributed by atoms with Gasteiger partial charge in [-0.1, -0.05) is 26.0 Å². The van der Waals surface area contributed by atoms with Crippen LogP contribution in [0.5, 0.6) is 11.5 Å². The molecule has 2 atom stereocenters. The van der Waals surface area contributed by atoms with E-state index >= 15 is 0 Å². The molecule has 0 saturated carbocycles. The number of piperazine rings is 2. The molecule has 6 heterocycles. The van der Waals surface area contributed by atoms with Crippen LogP contribution in [0.3, 0.4) is 0 Å². The number of carbonyl (C=O) groups is 2. The van der Waals surface area contributed by atoms with Crippen LogP contribution in [0, 0.1) is 11.8 Å². The number of thiophene rings is 2. The summed E-state index contributed by atoms with van der Waals surface area (Å²) in [5, 5.41) is 8.67. The summed E-state index contributed by atoms with van der Waals surface area (Å²) in [6, 6.07) is 35.3. The first-order valence-corrected chi connectivity index (χ1v) is 28.6. The van der Waals surface area contributed by atoms with E-state index in [9.17, 15) is 19.2 Å². The van der Waals surface area contributed by atoms with Crippen LogP contribution in [-0.2, 0) is 32.5 Å². The van der Waals surface area contributed by atoms with Crippen molar-refractivity contribution in [2.24, 2.45) is 11.8 Å². The van der Waals surface area contributed by atoms with Crippen molar-refractivity contribution in [1.29, 1.82) is 0 Å². The van der Waals surface area contributed by atoms with Crippen LogP contribution < -0.4 is 30.4 Å². The van der Waals surface area contributed by atoms with E-state index < -0.39 is 17.9 Å². The molecule has 10 rings (SSSR count). The molecule has 0 spiro atoms. The van der Waals surface area contributed by atoms with E-state index in [0.29, 0.717) is 42.2 Å². The maximum Gasteiger partial charge on any atom is 0.310 e. The van der Waals surface area contributed by atoms with Gasteiger partial charge in [0.05, 0.1) is 30.2 Å². The molecule has 0 aliphatic carbocycles. The molecule has 14 nitrogen and oxygen atoms in total. The topological polar surface area (TPSA) is 128 Å². The molecule has 2 unspecified atom stereocenters. The second kappa shape index (κ2) is 25.0. The van der Waals surface area contributed by atoms with Gasteiger partial charge >= 0.3 is 11.9 Å². The average molecular weight is 1070 g/mol. The fourth-order valence-corrected chi connectivity index (χ4v) is 12.3. The molecule has 2 fully saturated rings. The summed E-state index contributed by atoms with van der Waals surface area (Å²) in [5.41, 5.74) is 3.31. The van der Waals surface area contributed by atoms with Crippen LogP contribution in [0.15, 0.2) is 130 Å². The predicted molar refractivity (Wildman–Crippen MR) is 307 cm³/mol. The predicted octanol–water partition coefficient (Wildman–Crippen LogP) is 10.5. The first-order chi connectivity index (χ1) is 37.1. The zero-order valence-corrected chi connectivity index (χ0v) is 45.2. The minimum atomic E-state index is -0.551. The first-order valence-electron chi connectivity index (χ1n) is 26.9. The molecule has 76 heavy (non-hydrogen) atoms. The highest BCUT2D eigenvalue weighted by Crippen LogP contribution is 2.33. The molecule has 4 aromatic heterocycles. The number of fused-ring (bicyclic) bond motifs is 4. The minimum Gasteiger partial charge on any atom is -0.494 e. The van der Waals surface area contributed by atoms with Crippen LogP contribution in [0.25, 0.3) is 42.0 Å². The SMILES string of the molecule is CC(CC(=O)OCn1c(=O)ccc2ccc(OCCCCN3CCN(c4cccc5sccc45)CC3)cc21)CC(C)C(=O)OCn1c(=O)ccc2ccc(OCCCCN3CCN(c4cccc5sccc45)CC3)cc21. The van der Waals surface area contributed by atoms with Gasteiger partial charge < -0.3 is 28.7 Å². The number of aromatic nitrogens is 2. The van der Waals surface area contributed by atoms with Gasteiger partial charge in [-0.2, -0.15) is 0 Å². The van der Waals surface area contributed by atoms with Gasteiger partial charge in [-0.3, -0.25) is 38.1 Å². The Hall–Kier alpha value is -6.72. The smallest absolute Gasteiger partial charge is 0.310 e. The van der Waals surface area contributed by atoms with Gasteiger partial charge in [-0.15, -0.1) is 22.7 Å². The quantitative estimate of drug-likeness (QED) is 0.0447. The number of ether oxygens (including phenoxy) is 4. The average Bonchev–Trinajstić information content (AvgIpc) is 4.15. The molecule has 4 aromatic carbocycles. The van der Waals surface area contributed by atoms with Crippen LogP contribution in [0.2, 0.25) is 0 Å². The number of benzene rings is 4. The highest BCUT2D eigenvalue weighted by atomic mass is 32.1. The largest absolute Gasteiger partial charge is 0.494 e. The third kappa shape index (κ3) is 12.9. The number of anilines is 2. The van der Waals surface area contributed by atoms with E-state index in [1.54, 1.807) is 41.7 Å². The van der Waals surface area contributed by atoms with Crippen LogP contribution in [-0.4, -0.2) is 110 Å². The lowest BCUT2D eigenvalue weighted by atomic mass is 9.95. The van der Waals surface area contributed by atoms with E-state index in [4.69, 9.17) is 18.9 Å². The summed E-state index contributed by atoms with van der Waals surface area (Å²) < 4.78 is 29.2. The van der Waals surface area contributed by atoms with Crippen molar-refractivity contribution in [3.8, 4) is 11.5 Å². The number of unbranched alkanes of at least 4 members (excludes halogenated alkanes) is 2. The van der Waals surface area contributed by atoms with Crippen LogP contribution >= 0.6 is 22.7 Å². The minimum absolute atomic E-state index is 0.0447. The maximum atomic E-state index is 13.3. The lowest BCUT2D eigenvalue weighted by Gasteiger charge is -2.36. The zero-order chi connectivity index (χ0) is 52.4. The molecular formula is C60H68N6O8S2. The Bertz CT molecular complexity index is 3390. The second-order valence-electron chi connectivity index (χ2n) is 20.3. The third-order valence-electron chi connectivity index (χ3n) is 14.9. The lowest BCUT2D eigenvalue weighted by molar-refractivity contribution is -0.154. The fraction of sp³-hybridized carbons (Fsp3) is 0.400. The van der Waals surface area contributed by atoms with E-state index in [1.807, 2.05) is 43.3 Å². The molecule has 398 valence electrons. The molecule has 0 N–H and O–H groups in total. The Kier molecular flexibility index (Phi) is 17.3. The van der Waals surface area contributed by atoms with Gasteiger partial charge in [0, 0.05) is 115 Å².